The lowest BCUT2D eigenvalue weighted by atomic mass is 10.2. The third-order valence-corrected chi connectivity index (χ3v) is 6.55. The molecule has 8 heteroatoms. The molecule has 0 saturated carbocycles. The summed E-state index contributed by atoms with van der Waals surface area (Å²) < 4.78 is 7.90. The van der Waals surface area contributed by atoms with Gasteiger partial charge in [-0.2, -0.15) is 9.78 Å². The first-order valence-electron chi connectivity index (χ1n) is 11.0. The van der Waals surface area contributed by atoms with Crippen molar-refractivity contribution in [3.05, 3.63) is 127 Å². The predicted octanol–water partition coefficient (Wildman–Crippen LogP) is 7.59. The minimum absolute atomic E-state index is 0.260. The van der Waals surface area contributed by atoms with E-state index in [1.165, 1.54) is 4.68 Å². The Morgan fingerprint density at radius 2 is 1.67 bits per heavy atom. The summed E-state index contributed by atoms with van der Waals surface area (Å²) in [7, 11) is 0. The highest BCUT2D eigenvalue weighted by molar-refractivity contribution is 9.10. The van der Waals surface area contributed by atoms with Crippen molar-refractivity contribution in [2.45, 2.75) is 6.61 Å². The van der Waals surface area contributed by atoms with E-state index in [2.05, 4.69) is 21.0 Å². The highest BCUT2D eigenvalue weighted by Crippen LogP contribution is 2.35. The van der Waals surface area contributed by atoms with Gasteiger partial charge in [0.05, 0.1) is 26.6 Å². The number of hydrogen-bond acceptors (Lipinski definition) is 4. The maximum Gasteiger partial charge on any atom is 0.282 e. The Kier molecular flexibility index (Phi) is 7.18. The van der Waals surface area contributed by atoms with Crippen molar-refractivity contribution >= 4 is 56.2 Å². The molecule has 0 fully saturated rings. The first-order chi connectivity index (χ1) is 17.5. The topological polar surface area (TPSA) is 56.5 Å². The third kappa shape index (κ3) is 5.21. The molecule has 1 heterocycles. The number of halogens is 3. The molecule has 0 radical (unpaired) electrons. The maximum absolute atomic E-state index is 13.3. The zero-order valence-corrected chi connectivity index (χ0v) is 21.8. The summed E-state index contributed by atoms with van der Waals surface area (Å²) in [6, 6.07) is 27.7. The van der Waals surface area contributed by atoms with E-state index < -0.39 is 0 Å². The summed E-state index contributed by atoms with van der Waals surface area (Å²) in [5, 5.41) is 6.06. The Morgan fingerprint density at radius 3 is 2.42 bits per heavy atom. The van der Waals surface area contributed by atoms with Crippen LogP contribution in [0, 0.1) is 0 Å². The smallest absolute Gasteiger partial charge is 0.282 e. The van der Waals surface area contributed by atoms with Gasteiger partial charge in [0.15, 0.2) is 11.6 Å². The average molecular weight is 579 g/mol. The van der Waals surface area contributed by atoms with E-state index >= 15 is 0 Å². The van der Waals surface area contributed by atoms with Crippen molar-refractivity contribution in [1.82, 2.24) is 9.66 Å². The van der Waals surface area contributed by atoms with E-state index in [-0.39, 0.29) is 5.56 Å². The van der Waals surface area contributed by atoms with Gasteiger partial charge in [-0.1, -0.05) is 77.8 Å². The van der Waals surface area contributed by atoms with Crippen molar-refractivity contribution in [3.8, 4) is 17.1 Å². The van der Waals surface area contributed by atoms with Crippen LogP contribution in [0.4, 0.5) is 0 Å². The molecule has 0 bridgehead atoms. The van der Waals surface area contributed by atoms with E-state index in [1.807, 2.05) is 72.8 Å². The Bertz CT molecular complexity index is 1610. The number of para-hydroxylation sites is 1. The molecule has 0 saturated heterocycles. The normalized spacial score (nSPS) is 11.3. The molecule has 4 aromatic carbocycles. The second kappa shape index (κ2) is 10.7. The highest BCUT2D eigenvalue weighted by atomic mass is 79.9. The van der Waals surface area contributed by atoms with Gasteiger partial charge in [0.1, 0.15) is 6.61 Å². The van der Waals surface area contributed by atoms with E-state index in [0.717, 1.165) is 11.1 Å². The lowest BCUT2D eigenvalue weighted by Crippen LogP contribution is -2.20. The first kappa shape index (κ1) is 24.3. The van der Waals surface area contributed by atoms with Crippen LogP contribution in [0.15, 0.2) is 105 Å². The van der Waals surface area contributed by atoms with Gasteiger partial charge < -0.3 is 4.74 Å². The SMILES string of the molecule is O=c1c2ccccc2nc(-c2ccccc2)n1N=Cc1cc(Cl)c(OCc2ccc(Cl)cc2)c(Br)c1. The molecule has 178 valence electrons. The highest BCUT2D eigenvalue weighted by Gasteiger charge is 2.13. The van der Waals surface area contributed by atoms with Crippen LogP contribution >= 0.6 is 39.1 Å². The van der Waals surface area contributed by atoms with Crippen molar-refractivity contribution in [2.24, 2.45) is 5.10 Å². The Hall–Kier alpha value is -3.45. The van der Waals surface area contributed by atoms with Gasteiger partial charge >= 0.3 is 0 Å². The van der Waals surface area contributed by atoms with Crippen LogP contribution in [-0.2, 0) is 6.61 Å². The second-order valence-electron chi connectivity index (χ2n) is 7.91. The van der Waals surface area contributed by atoms with Gasteiger partial charge in [-0.3, -0.25) is 4.79 Å². The molecular formula is C28H18BrCl2N3O2. The van der Waals surface area contributed by atoms with Crippen molar-refractivity contribution in [2.75, 3.05) is 0 Å². The van der Waals surface area contributed by atoms with Gasteiger partial charge in [-0.25, -0.2) is 4.98 Å². The average Bonchev–Trinajstić information content (AvgIpc) is 2.89. The van der Waals surface area contributed by atoms with Crippen LogP contribution in [0.25, 0.3) is 22.3 Å². The number of fused-ring (bicyclic) bond motifs is 1. The van der Waals surface area contributed by atoms with Gasteiger partial charge in [0.2, 0.25) is 0 Å². The molecule has 0 aliphatic rings. The lowest BCUT2D eigenvalue weighted by molar-refractivity contribution is 0.304. The molecule has 1 aromatic heterocycles. The van der Waals surface area contributed by atoms with Gasteiger partial charge in [0, 0.05) is 10.6 Å². The van der Waals surface area contributed by atoms with Crippen LogP contribution in [0.5, 0.6) is 5.75 Å². The Balaban J connectivity index is 1.49. The van der Waals surface area contributed by atoms with Crippen LogP contribution < -0.4 is 10.3 Å². The largest absolute Gasteiger partial charge is 0.486 e. The van der Waals surface area contributed by atoms with Crippen LogP contribution in [0.3, 0.4) is 0 Å². The quantitative estimate of drug-likeness (QED) is 0.195. The number of hydrogen-bond donors (Lipinski definition) is 0. The van der Waals surface area contributed by atoms with Crippen molar-refractivity contribution < 1.29 is 4.74 Å². The molecule has 5 rings (SSSR count). The fraction of sp³-hybridized carbons (Fsp3) is 0.0357. The number of aromatic nitrogens is 2. The predicted molar refractivity (Wildman–Crippen MR) is 149 cm³/mol. The summed E-state index contributed by atoms with van der Waals surface area (Å²) in [4.78, 5) is 18.0. The maximum atomic E-state index is 13.3. The standard InChI is InChI=1S/C28H18BrCl2N3O2/c29-23-14-19(15-24(31)26(23)36-17-18-10-12-21(30)13-11-18)16-32-34-27(20-6-2-1-3-7-20)33-25-9-5-4-8-22(25)28(34)35/h1-16H,17H2. The molecule has 0 amide bonds. The zero-order chi connectivity index (χ0) is 25.1. The van der Waals surface area contributed by atoms with Crippen molar-refractivity contribution in [3.63, 3.8) is 0 Å². The van der Waals surface area contributed by atoms with Crippen LogP contribution in [-0.4, -0.2) is 15.9 Å². The Labute approximate surface area is 225 Å². The molecule has 0 aliphatic heterocycles. The molecule has 36 heavy (non-hydrogen) atoms. The minimum Gasteiger partial charge on any atom is -0.486 e. The van der Waals surface area contributed by atoms with Gasteiger partial charge in [-0.15, -0.1) is 0 Å². The third-order valence-electron chi connectivity index (χ3n) is 5.43. The molecule has 0 N–H and O–H groups in total. The molecule has 5 aromatic rings. The fourth-order valence-electron chi connectivity index (χ4n) is 3.66. The minimum atomic E-state index is -0.260. The number of benzene rings is 4. The lowest BCUT2D eigenvalue weighted by Gasteiger charge is -2.12. The Morgan fingerprint density at radius 1 is 0.944 bits per heavy atom. The summed E-state index contributed by atoms with van der Waals surface area (Å²) in [5.74, 6) is 0.960. The molecule has 0 spiro atoms. The second-order valence-corrected chi connectivity index (χ2v) is 9.61. The molecular weight excluding hydrogens is 561 g/mol. The zero-order valence-electron chi connectivity index (χ0n) is 18.7. The molecule has 0 unspecified atom stereocenters. The van der Waals surface area contributed by atoms with E-state index in [1.54, 1.807) is 24.4 Å². The van der Waals surface area contributed by atoms with E-state index in [4.69, 9.17) is 32.9 Å². The summed E-state index contributed by atoms with van der Waals surface area (Å²) in [5.41, 5.74) is 2.78. The van der Waals surface area contributed by atoms with Gasteiger partial charge in [0.25, 0.3) is 5.56 Å². The number of ether oxygens (including phenoxy) is 1. The summed E-state index contributed by atoms with van der Waals surface area (Å²) >= 11 is 16.0. The fourth-order valence-corrected chi connectivity index (χ4v) is 4.77. The molecule has 0 atom stereocenters. The summed E-state index contributed by atoms with van der Waals surface area (Å²) in [6.07, 6.45) is 1.57. The van der Waals surface area contributed by atoms with Crippen molar-refractivity contribution in [1.29, 1.82) is 0 Å². The van der Waals surface area contributed by atoms with Crippen LogP contribution in [0.2, 0.25) is 10.0 Å². The van der Waals surface area contributed by atoms with E-state index in [0.29, 0.717) is 49.2 Å². The first-order valence-corrected chi connectivity index (χ1v) is 12.5. The molecule has 5 nitrogen and oxygen atoms in total. The summed E-state index contributed by atoms with van der Waals surface area (Å²) in [6.45, 7) is 0.335. The number of nitrogens with zero attached hydrogens (tertiary/aromatic N) is 3. The van der Waals surface area contributed by atoms with Crippen LogP contribution in [0.1, 0.15) is 11.1 Å². The van der Waals surface area contributed by atoms with Gasteiger partial charge in [-0.05, 0) is 63.5 Å². The van der Waals surface area contributed by atoms with E-state index in [9.17, 15) is 4.79 Å². The molecule has 0 aliphatic carbocycles. The monoisotopic (exact) mass is 577 g/mol. The number of rotatable bonds is 6.